The summed E-state index contributed by atoms with van der Waals surface area (Å²) >= 11 is 5.93. The lowest BCUT2D eigenvalue weighted by atomic mass is 9.92. The Morgan fingerprint density at radius 1 is 1.35 bits per heavy atom. The topological polar surface area (TPSA) is 101 Å². The quantitative estimate of drug-likeness (QED) is 0.813. The Morgan fingerprint density at radius 2 is 2.00 bits per heavy atom. The van der Waals surface area contributed by atoms with Gasteiger partial charge < -0.3 is 9.84 Å². The third kappa shape index (κ3) is 3.49. The molecule has 0 aromatic heterocycles. The molecule has 0 unspecified atom stereocenters. The number of methoxy groups -OCH3 is 1. The smallest absolute Gasteiger partial charge is 0.322 e. The predicted octanol–water partition coefficient (Wildman–Crippen LogP) is 1.37. The van der Waals surface area contributed by atoms with Gasteiger partial charge in [-0.1, -0.05) is 23.7 Å². The third-order valence-corrected chi connectivity index (χ3v) is 6.20. The van der Waals surface area contributed by atoms with Crippen LogP contribution in [0.3, 0.4) is 0 Å². The summed E-state index contributed by atoms with van der Waals surface area (Å²) in [6.45, 7) is -0.0930. The van der Waals surface area contributed by atoms with Crippen molar-refractivity contribution in [1.29, 1.82) is 0 Å². The first-order chi connectivity index (χ1) is 10.8. The molecule has 0 radical (unpaired) electrons. The average molecular weight is 362 g/mol. The Labute approximate surface area is 138 Å². The van der Waals surface area contributed by atoms with Gasteiger partial charge in [0.1, 0.15) is 10.9 Å². The van der Waals surface area contributed by atoms with Crippen LogP contribution < -0.4 is 0 Å². The minimum absolute atomic E-state index is 0.0201. The molecule has 2 atom stereocenters. The number of aliphatic carboxylic acids is 1. The first-order valence-electron chi connectivity index (χ1n) is 6.86. The van der Waals surface area contributed by atoms with Crippen LogP contribution in [0.1, 0.15) is 12.8 Å². The second kappa shape index (κ2) is 6.86. The van der Waals surface area contributed by atoms with E-state index in [4.69, 9.17) is 11.6 Å². The molecule has 1 N–H and O–H groups in total. The van der Waals surface area contributed by atoms with Crippen LogP contribution in [0.4, 0.5) is 0 Å². The van der Waals surface area contributed by atoms with Crippen LogP contribution in [-0.4, -0.2) is 49.5 Å². The first-order valence-corrected chi connectivity index (χ1v) is 8.68. The maximum Gasteiger partial charge on any atom is 0.322 e. The largest absolute Gasteiger partial charge is 0.480 e. The van der Waals surface area contributed by atoms with Crippen LogP contribution in [-0.2, 0) is 24.3 Å². The fourth-order valence-electron chi connectivity index (χ4n) is 2.62. The number of sulfonamides is 1. The monoisotopic (exact) mass is 361 g/mol. The zero-order valence-electron chi connectivity index (χ0n) is 12.3. The van der Waals surface area contributed by atoms with Crippen LogP contribution in [0.25, 0.3) is 0 Å². The minimum Gasteiger partial charge on any atom is -0.480 e. The summed E-state index contributed by atoms with van der Waals surface area (Å²) in [6, 6.07) is 4.50. The van der Waals surface area contributed by atoms with Crippen LogP contribution in [0.15, 0.2) is 29.2 Å². The van der Waals surface area contributed by atoms with Crippen molar-refractivity contribution < 1.29 is 27.9 Å². The number of carbonyl (C=O) groups is 2. The highest BCUT2D eigenvalue weighted by Crippen LogP contribution is 2.32. The van der Waals surface area contributed by atoms with E-state index in [1.165, 1.54) is 25.3 Å². The number of carboxylic acid groups (broad SMARTS) is 1. The number of carbonyl (C=O) groups excluding carboxylic acids is 1. The summed E-state index contributed by atoms with van der Waals surface area (Å²) in [4.78, 5) is 23.0. The summed E-state index contributed by atoms with van der Waals surface area (Å²) in [6.07, 6.45) is 0.0613. The number of hydrogen-bond donors (Lipinski definition) is 1. The molecular formula is C14H16ClNO6S. The SMILES string of the molecule is COC(=O)[C@@H]1CCN(S(=O)(=O)c2ccccc2Cl)[C@@H](C(=O)O)C1. The van der Waals surface area contributed by atoms with Crippen LogP contribution >= 0.6 is 11.6 Å². The van der Waals surface area contributed by atoms with Gasteiger partial charge in [-0.05, 0) is 25.0 Å². The van der Waals surface area contributed by atoms with Gasteiger partial charge in [-0.3, -0.25) is 9.59 Å². The Bertz CT molecular complexity index is 720. The van der Waals surface area contributed by atoms with Gasteiger partial charge in [0.15, 0.2) is 0 Å². The number of nitrogens with zero attached hydrogens (tertiary/aromatic N) is 1. The molecule has 0 saturated carbocycles. The zero-order chi connectivity index (χ0) is 17.2. The molecule has 1 aliphatic rings. The fourth-order valence-corrected chi connectivity index (χ4v) is 4.72. The number of halogens is 1. The Hall–Kier alpha value is -1.64. The van der Waals surface area contributed by atoms with Crippen molar-refractivity contribution in [2.24, 2.45) is 5.92 Å². The van der Waals surface area contributed by atoms with E-state index in [1.54, 1.807) is 6.07 Å². The molecule has 1 heterocycles. The molecule has 0 amide bonds. The number of rotatable bonds is 4. The number of ether oxygens (including phenoxy) is 1. The molecule has 0 spiro atoms. The Balaban J connectivity index is 2.36. The van der Waals surface area contributed by atoms with Crippen molar-refractivity contribution in [2.45, 2.75) is 23.8 Å². The molecule has 126 valence electrons. The first kappa shape index (κ1) is 17.7. The Morgan fingerprint density at radius 3 is 2.57 bits per heavy atom. The molecule has 1 fully saturated rings. The lowest BCUT2D eigenvalue weighted by molar-refractivity contribution is -0.150. The molecule has 7 nitrogen and oxygen atoms in total. The number of esters is 1. The number of hydrogen-bond acceptors (Lipinski definition) is 5. The van der Waals surface area contributed by atoms with E-state index < -0.39 is 33.9 Å². The Kier molecular flexibility index (Phi) is 5.28. The summed E-state index contributed by atoms with van der Waals surface area (Å²) < 4.78 is 31.0. The van der Waals surface area contributed by atoms with Crippen molar-refractivity contribution in [3.05, 3.63) is 29.3 Å². The molecule has 2 rings (SSSR count). The van der Waals surface area contributed by atoms with E-state index in [-0.39, 0.29) is 29.3 Å². The molecule has 1 aromatic rings. The van der Waals surface area contributed by atoms with Gasteiger partial charge in [0, 0.05) is 6.54 Å². The van der Waals surface area contributed by atoms with Crippen LogP contribution in [0.2, 0.25) is 5.02 Å². The second-order valence-corrected chi connectivity index (χ2v) is 7.41. The highest BCUT2D eigenvalue weighted by Gasteiger charge is 2.43. The molecule has 0 aliphatic carbocycles. The highest BCUT2D eigenvalue weighted by molar-refractivity contribution is 7.89. The summed E-state index contributed by atoms with van der Waals surface area (Å²) in [5.41, 5.74) is 0. The van der Waals surface area contributed by atoms with Gasteiger partial charge in [-0.25, -0.2) is 8.42 Å². The standard InChI is InChI=1S/C14H16ClNO6S/c1-22-14(19)9-6-7-16(11(8-9)13(17)18)23(20,21)12-5-3-2-4-10(12)15/h2-5,9,11H,6-8H2,1H3,(H,17,18)/t9-,11-/m1/s1. The summed E-state index contributed by atoms with van der Waals surface area (Å²) in [5.74, 6) is -2.49. The van der Waals surface area contributed by atoms with Gasteiger partial charge in [0.05, 0.1) is 18.1 Å². The van der Waals surface area contributed by atoms with Crippen molar-refractivity contribution in [3.8, 4) is 0 Å². The van der Waals surface area contributed by atoms with E-state index >= 15 is 0 Å². The van der Waals surface area contributed by atoms with Gasteiger partial charge in [-0.2, -0.15) is 4.31 Å². The maximum atomic E-state index is 12.7. The molecule has 1 aromatic carbocycles. The van der Waals surface area contributed by atoms with Crippen molar-refractivity contribution in [3.63, 3.8) is 0 Å². The van der Waals surface area contributed by atoms with Crippen molar-refractivity contribution in [1.82, 2.24) is 4.31 Å². The van der Waals surface area contributed by atoms with E-state index in [0.717, 1.165) is 4.31 Å². The summed E-state index contributed by atoms with van der Waals surface area (Å²) in [7, 11) is -2.86. The highest BCUT2D eigenvalue weighted by atomic mass is 35.5. The molecule has 9 heteroatoms. The normalized spacial score (nSPS) is 22.5. The number of piperidine rings is 1. The zero-order valence-corrected chi connectivity index (χ0v) is 13.9. The minimum atomic E-state index is -4.07. The molecular weight excluding hydrogens is 346 g/mol. The van der Waals surface area contributed by atoms with Crippen molar-refractivity contribution in [2.75, 3.05) is 13.7 Å². The summed E-state index contributed by atoms with van der Waals surface area (Å²) in [5, 5.41) is 9.39. The van der Waals surface area contributed by atoms with E-state index in [1.807, 2.05) is 0 Å². The third-order valence-electron chi connectivity index (χ3n) is 3.80. The van der Waals surface area contributed by atoms with Gasteiger partial charge >= 0.3 is 11.9 Å². The van der Waals surface area contributed by atoms with Crippen LogP contribution in [0.5, 0.6) is 0 Å². The molecule has 1 aliphatic heterocycles. The fraction of sp³-hybridized carbons (Fsp3) is 0.429. The lowest BCUT2D eigenvalue weighted by Gasteiger charge is -2.35. The van der Waals surface area contributed by atoms with Gasteiger partial charge in [0.25, 0.3) is 0 Å². The maximum absolute atomic E-state index is 12.7. The van der Waals surface area contributed by atoms with Gasteiger partial charge in [-0.15, -0.1) is 0 Å². The molecule has 23 heavy (non-hydrogen) atoms. The predicted molar refractivity (Wildman–Crippen MR) is 81.5 cm³/mol. The molecule has 0 bridgehead atoms. The van der Waals surface area contributed by atoms with E-state index in [2.05, 4.69) is 4.74 Å². The van der Waals surface area contributed by atoms with Gasteiger partial charge in [0.2, 0.25) is 10.0 Å². The number of carboxylic acids is 1. The lowest BCUT2D eigenvalue weighted by Crippen LogP contribution is -2.51. The van der Waals surface area contributed by atoms with E-state index in [9.17, 15) is 23.1 Å². The average Bonchev–Trinajstić information content (AvgIpc) is 2.53. The molecule has 1 saturated heterocycles. The second-order valence-electron chi connectivity index (χ2n) is 5.14. The van der Waals surface area contributed by atoms with Crippen LogP contribution in [0, 0.1) is 5.92 Å². The van der Waals surface area contributed by atoms with Crippen molar-refractivity contribution >= 4 is 33.6 Å². The van der Waals surface area contributed by atoms with E-state index in [0.29, 0.717) is 0 Å². The number of benzene rings is 1.